The fraction of sp³-hybridized carbons (Fsp3) is 1.00. The third-order valence-electron chi connectivity index (χ3n) is 3.55. The van der Waals surface area contributed by atoms with Crippen molar-refractivity contribution < 1.29 is 9.84 Å². The number of likely N-dealkylation sites (N-methyl/N-ethyl adjacent to an activating group) is 1. The Balaban J connectivity index is 2.58. The second-order valence-electron chi connectivity index (χ2n) is 7.18. The van der Waals surface area contributed by atoms with Gasteiger partial charge in [-0.1, -0.05) is 13.8 Å². The molecule has 19 heavy (non-hydrogen) atoms. The third kappa shape index (κ3) is 6.70. The van der Waals surface area contributed by atoms with Crippen LogP contribution in [-0.2, 0) is 4.74 Å². The van der Waals surface area contributed by atoms with Crippen LogP contribution < -0.4 is 5.32 Å². The van der Waals surface area contributed by atoms with Crippen molar-refractivity contribution in [2.75, 3.05) is 39.9 Å². The zero-order valence-corrected chi connectivity index (χ0v) is 13.3. The van der Waals surface area contributed by atoms with Gasteiger partial charge in [0.2, 0.25) is 0 Å². The van der Waals surface area contributed by atoms with E-state index in [0.29, 0.717) is 12.6 Å². The normalized spacial score (nSPS) is 25.3. The van der Waals surface area contributed by atoms with Crippen molar-refractivity contribution >= 4 is 0 Å². The fourth-order valence-corrected chi connectivity index (χ4v) is 2.94. The van der Waals surface area contributed by atoms with Crippen LogP contribution in [0.2, 0.25) is 0 Å². The highest BCUT2D eigenvalue weighted by molar-refractivity contribution is 4.88. The predicted octanol–water partition coefficient (Wildman–Crippen LogP) is 1.48. The molecule has 0 aliphatic carbocycles. The largest absolute Gasteiger partial charge is 0.389 e. The van der Waals surface area contributed by atoms with Crippen molar-refractivity contribution in [1.82, 2.24) is 10.2 Å². The van der Waals surface area contributed by atoms with Crippen LogP contribution in [0.15, 0.2) is 0 Å². The average Bonchev–Trinajstić information content (AvgIpc) is 2.25. The van der Waals surface area contributed by atoms with E-state index in [1.54, 1.807) is 0 Å². The highest BCUT2D eigenvalue weighted by Gasteiger charge is 2.34. The maximum atomic E-state index is 9.93. The average molecular weight is 272 g/mol. The molecule has 0 bridgehead atoms. The van der Waals surface area contributed by atoms with Crippen LogP contribution in [0.5, 0.6) is 0 Å². The van der Waals surface area contributed by atoms with E-state index in [0.717, 1.165) is 32.7 Å². The molecule has 1 rings (SSSR count). The maximum absolute atomic E-state index is 9.93. The van der Waals surface area contributed by atoms with Gasteiger partial charge < -0.3 is 20.1 Å². The molecule has 1 unspecified atom stereocenters. The first-order valence-electron chi connectivity index (χ1n) is 7.45. The minimum absolute atomic E-state index is 0.183. The molecular weight excluding hydrogens is 240 g/mol. The monoisotopic (exact) mass is 272 g/mol. The van der Waals surface area contributed by atoms with Crippen LogP contribution in [0.4, 0.5) is 0 Å². The van der Waals surface area contributed by atoms with E-state index in [1.165, 1.54) is 6.42 Å². The number of nitrogens with one attached hydrogen (secondary N) is 1. The standard InChI is InChI=1S/C15H32N2O2/c1-13(2)16-9-15(7-6-8-19-12-15)11-17(5)10-14(3,4)18/h13,16,18H,6-12H2,1-5H3. The first-order chi connectivity index (χ1) is 8.72. The van der Waals surface area contributed by atoms with E-state index in [-0.39, 0.29) is 5.41 Å². The molecular formula is C15H32N2O2. The van der Waals surface area contributed by atoms with Gasteiger partial charge in [-0.15, -0.1) is 0 Å². The molecule has 4 heteroatoms. The molecule has 0 radical (unpaired) electrons. The Bertz CT molecular complexity index is 255. The summed E-state index contributed by atoms with van der Waals surface area (Å²) in [6.45, 7) is 12.4. The molecule has 1 aliphatic heterocycles. The van der Waals surface area contributed by atoms with E-state index in [2.05, 4.69) is 31.1 Å². The Morgan fingerprint density at radius 1 is 1.42 bits per heavy atom. The Morgan fingerprint density at radius 3 is 2.58 bits per heavy atom. The quantitative estimate of drug-likeness (QED) is 0.737. The Kier molecular flexibility index (Phi) is 6.24. The van der Waals surface area contributed by atoms with Crippen LogP contribution in [0, 0.1) is 5.41 Å². The van der Waals surface area contributed by atoms with Crippen molar-refractivity contribution in [3.8, 4) is 0 Å². The van der Waals surface area contributed by atoms with Gasteiger partial charge >= 0.3 is 0 Å². The Hall–Kier alpha value is -0.160. The molecule has 0 aromatic heterocycles. The van der Waals surface area contributed by atoms with Crippen molar-refractivity contribution in [2.45, 2.75) is 52.2 Å². The van der Waals surface area contributed by atoms with Crippen LogP contribution >= 0.6 is 0 Å². The lowest BCUT2D eigenvalue weighted by atomic mass is 9.81. The number of ether oxygens (including phenoxy) is 1. The molecule has 0 saturated carbocycles. The fourth-order valence-electron chi connectivity index (χ4n) is 2.94. The molecule has 2 N–H and O–H groups in total. The number of rotatable bonds is 7. The highest BCUT2D eigenvalue weighted by Crippen LogP contribution is 2.29. The van der Waals surface area contributed by atoms with E-state index in [1.807, 2.05) is 13.8 Å². The van der Waals surface area contributed by atoms with Gasteiger partial charge in [0, 0.05) is 37.7 Å². The summed E-state index contributed by atoms with van der Waals surface area (Å²) in [6.07, 6.45) is 2.33. The lowest BCUT2D eigenvalue weighted by molar-refractivity contribution is -0.0360. The number of hydrogen-bond donors (Lipinski definition) is 2. The minimum atomic E-state index is -0.642. The molecule has 4 nitrogen and oxygen atoms in total. The van der Waals surface area contributed by atoms with E-state index in [4.69, 9.17) is 4.74 Å². The van der Waals surface area contributed by atoms with Gasteiger partial charge in [-0.3, -0.25) is 0 Å². The van der Waals surface area contributed by atoms with Crippen LogP contribution in [0.3, 0.4) is 0 Å². The summed E-state index contributed by atoms with van der Waals surface area (Å²) < 4.78 is 5.72. The van der Waals surface area contributed by atoms with Gasteiger partial charge in [-0.05, 0) is 33.7 Å². The molecule has 1 heterocycles. The number of hydrogen-bond acceptors (Lipinski definition) is 4. The van der Waals surface area contributed by atoms with Crippen LogP contribution in [0.25, 0.3) is 0 Å². The second-order valence-corrected chi connectivity index (χ2v) is 7.18. The second kappa shape index (κ2) is 7.02. The van der Waals surface area contributed by atoms with E-state index in [9.17, 15) is 5.11 Å². The molecule has 1 atom stereocenters. The molecule has 1 aliphatic rings. The van der Waals surface area contributed by atoms with Crippen molar-refractivity contribution in [3.63, 3.8) is 0 Å². The molecule has 114 valence electrons. The van der Waals surface area contributed by atoms with Crippen LogP contribution in [0.1, 0.15) is 40.5 Å². The zero-order valence-electron chi connectivity index (χ0n) is 13.3. The zero-order chi connectivity index (χ0) is 14.5. The molecule has 0 aromatic rings. The van der Waals surface area contributed by atoms with Crippen molar-refractivity contribution in [1.29, 1.82) is 0 Å². The van der Waals surface area contributed by atoms with Gasteiger partial charge in [-0.25, -0.2) is 0 Å². The Morgan fingerprint density at radius 2 is 2.11 bits per heavy atom. The SMILES string of the molecule is CC(C)NCC1(CN(C)CC(C)(C)O)CCCOC1. The predicted molar refractivity (Wildman–Crippen MR) is 79.4 cm³/mol. The molecule has 0 aromatic carbocycles. The maximum Gasteiger partial charge on any atom is 0.0718 e. The topological polar surface area (TPSA) is 44.7 Å². The lowest BCUT2D eigenvalue weighted by Gasteiger charge is -2.41. The van der Waals surface area contributed by atoms with Gasteiger partial charge in [0.1, 0.15) is 0 Å². The number of nitrogens with zero attached hydrogens (tertiary/aromatic N) is 1. The Labute approximate surface area is 118 Å². The summed E-state index contributed by atoms with van der Waals surface area (Å²) in [4.78, 5) is 2.23. The third-order valence-corrected chi connectivity index (χ3v) is 3.55. The highest BCUT2D eigenvalue weighted by atomic mass is 16.5. The smallest absolute Gasteiger partial charge is 0.0718 e. The van der Waals surface area contributed by atoms with E-state index >= 15 is 0 Å². The summed E-state index contributed by atoms with van der Waals surface area (Å²) in [7, 11) is 2.09. The van der Waals surface area contributed by atoms with Crippen molar-refractivity contribution in [3.05, 3.63) is 0 Å². The van der Waals surface area contributed by atoms with Gasteiger partial charge in [0.25, 0.3) is 0 Å². The summed E-state index contributed by atoms with van der Waals surface area (Å²) in [5.41, 5.74) is -0.459. The summed E-state index contributed by atoms with van der Waals surface area (Å²) in [6, 6.07) is 0.499. The molecule has 0 amide bonds. The lowest BCUT2D eigenvalue weighted by Crippen LogP contribution is -2.51. The first kappa shape index (κ1) is 16.9. The summed E-state index contributed by atoms with van der Waals surface area (Å²) in [5.74, 6) is 0. The first-order valence-corrected chi connectivity index (χ1v) is 7.45. The summed E-state index contributed by atoms with van der Waals surface area (Å²) in [5, 5.41) is 13.5. The number of aliphatic hydroxyl groups is 1. The van der Waals surface area contributed by atoms with Gasteiger partial charge in [0.15, 0.2) is 0 Å². The van der Waals surface area contributed by atoms with Crippen LogP contribution in [-0.4, -0.2) is 61.5 Å². The molecule has 1 fully saturated rings. The molecule has 0 spiro atoms. The summed E-state index contributed by atoms with van der Waals surface area (Å²) >= 11 is 0. The van der Waals surface area contributed by atoms with Gasteiger partial charge in [0.05, 0.1) is 12.2 Å². The van der Waals surface area contributed by atoms with Gasteiger partial charge in [-0.2, -0.15) is 0 Å². The minimum Gasteiger partial charge on any atom is -0.389 e. The molecule has 1 saturated heterocycles. The van der Waals surface area contributed by atoms with E-state index < -0.39 is 5.60 Å². The van der Waals surface area contributed by atoms with Crippen molar-refractivity contribution in [2.24, 2.45) is 5.41 Å².